The first-order valence-corrected chi connectivity index (χ1v) is 12.8. The summed E-state index contributed by atoms with van der Waals surface area (Å²) < 4.78 is 29.3. The largest absolute Gasteiger partial charge is 0.343 e. The Hall–Kier alpha value is -2.91. The molecule has 0 saturated carbocycles. The van der Waals surface area contributed by atoms with Crippen LogP contribution in [0.15, 0.2) is 52.2 Å². The van der Waals surface area contributed by atoms with Gasteiger partial charge in [-0.25, -0.2) is 17.9 Å². The van der Waals surface area contributed by atoms with Crippen molar-refractivity contribution in [1.82, 2.24) is 19.2 Å². The quantitative estimate of drug-likeness (QED) is 0.518. The van der Waals surface area contributed by atoms with E-state index >= 15 is 0 Å². The molecule has 1 fully saturated rings. The van der Waals surface area contributed by atoms with E-state index in [9.17, 15) is 18.0 Å². The number of carbonyl (C=O) groups is 1. The molecule has 1 aliphatic rings. The summed E-state index contributed by atoms with van der Waals surface area (Å²) in [5.41, 5.74) is 3.56. The Morgan fingerprint density at radius 2 is 1.82 bits per heavy atom. The van der Waals surface area contributed by atoms with Crippen molar-refractivity contribution < 1.29 is 13.2 Å². The Morgan fingerprint density at radius 1 is 1.09 bits per heavy atom. The van der Waals surface area contributed by atoms with Gasteiger partial charge < -0.3 is 9.88 Å². The lowest BCUT2D eigenvalue weighted by Gasteiger charge is -2.32. The van der Waals surface area contributed by atoms with E-state index in [1.807, 2.05) is 43.0 Å². The lowest BCUT2D eigenvalue weighted by atomic mass is 10.0. The Morgan fingerprint density at radius 3 is 2.55 bits per heavy atom. The number of hydrogen-bond donors (Lipinski definition) is 2. The second-order valence-electron chi connectivity index (χ2n) is 8.68. The number of imidazole rings is 1. The Bertz CT molecular complexity index is 1320. The third kappa shape index (κ3) is 5.04. The number of amides is 1. The van der Waals surface area contributed by atoms with Gasteiger partial charge >= 0.3 is 5.69 Å². The highest BCUT2D eigenvalue weighted by Gasteiger charge is 2.26. The minimum absolute atomic E-state index is 0.0186. The number of piperidine rings is 1. The molecule has 2 N–H and O–H groups in total. The molecule has 2 aromatic carbocycles. The zero-order valence-electron chi connectivity index (χ0n) is 19.0. The Balaban J connectivity index is 1.26. The van der Waals surface area contributed by atoms with Crippen LogP contribution in [-0.4, -0.2) is 48.4 Å². The van der Waals surface area contributed by atoms with Crippen molar-refractivity contribution in [2.24, 2.45) is 0 Å². The molecule has 1 saturated heterocycles. The van der Waals surface area contributed by atoms with Crippen LogP contribution in [0.1, 0.15) is 42.9 Å². The number of para-hydroxylation sites is 2. The summed E-state index contributed by atoms with van der Waals surface area (Å²) in [6, 6.07) is 12.7. The number of benzene rings is 2. The van der Waals surface area contributed by atoms with Crippen LogP contribution in [0.5, 0.6) is 0 Å². The van der Waals surface area contributed by atoms with Crippen molar-refractivity contribution >= 4 is 27.0 Å². The van der Waals surface area contributed by atoms with E-state index in [1.54, 1.807) is 22.8 Å². The number of hydrogen-bond acceptors (Lipinski definition) is 4. The van der Waals surface area contributed by atoms with Crippen molar-refractivity contribution in [2.75, 3.05) is 19.6 Å². The molecule has 0 atom stereocenters. The predicted molar refractivity (Wildman–Crippen MR) is 128 cm³/mol. The minimum atomic E-state index is -3.59. The molecular formula is C24H30N4O4S. The highest BCUT2D eigenvalue weighted by molar-refractivity contribution is 7.89. The summed E-state index contributed by atoms with van der Waals surface area (Å²) in [6.45, 7) is 5.20. The smallest absolute Gasteiger partial charge is 0.326 e. The van der Waals surface area contributed by atoms with Gasteiger partial charge in [0.15, 0.2) is 0 Å². The molecule has 0 bridgehead atoms. The van der Waals surface area contributed by atoms with Gasteiger partial charge in [0.1, 0.15) is 0 Å². The van der Waals surface area contributed by atoms with E-state index in [2.05, 4.69) is 9.71 Å². The van der Waals surface area contributed by atoms with Gasteiger partial charge in [-0.2, -0.15) is 0 Å². The summed E-state index contributed by atoms with van der Waals surface area (Å²) >= 11 is 0. The van der Waals surface area contributed by atoms with Crippen LogP contribution in [0.25, 0.3) is 11.0 Å². The van der Waals surface area contributed by atoms with Gasteiger partial charge in [-0.3, -0.25) is 9.36 Å². The second-order valence-corrected chi connectivity index (χ2v) is 10.4. The highest BCUT2D eigenvalue weighted by Crippen LogP contribution is 2.25. The van der Waals surface area contributed by atoms with Crippen molar-refractivity contribution in [3.63, 3.8) is 0 Å². The van der Waals surface area contributed by atoms with Crippen molar-refractivity contribution in [3.8, 4) is 0 Å². The minimum Gasteiger partial charge on any atom is -0.343 e. The number of rotatable bonds is 7. The molecule has 33 heavy (non-hydrogen) atoms. The number of fused-ring (bicyclic) bond motifs is 1. The monoisotopic (exact) mass is 470 g/mol. The lowest BCUT2D eigenvalue weighted by Crippen LogP contribution is -2.40. The van der Waals surface area contributed by atoms with Gasteiger partial charge in [-0.15, -0.1) is 0 Å². The summed E-state index contributed by atoms with van der Waals surface area (Å²) in [7, 11) is -3.59. The Kier molecular flexibility index (Phi) is 6.71. The molecule has 0 spiro atoms. The normalized spacial score (nSPS) is 15.3. The summed E-state index contributed by atoms with van der Waals surface area (Å²) in [5, 5.41) is 0. The number of nitrogens with one attached hydrogen (secondary N) is 2. The molecule has 1 amide bonds. The van der Waals surface area contributed by atoms with E-state index < -0.39 is 10.0 Å². The topological polar surface area (TPSA) is 104 Å². The van der Waals surface area contributed by atoms with Gasteiger partial charge in [0.2, 0.25) is 15.9 Å². The van der Waals surface area contributed by atoms with Crippen LogP contribution < -0.4 is 10.4 Å². The van der Waals surface area contributed by atoms with Crippen LogP contribution >= 0.6 is 0 Å². The van der Waals surface area contributed by atoms with E-state index in [0.29, 0.717) is 32.4 Å². The molecule has 1 aromatic heterocycles. The third-order valence-corrected chi connectivity index (χ3v) is 7.91. The van der Waals surface area contributed by atoms with Crippen molar-refractivity contribution in [1.29, 1.82) is 0 Å². The fraction of sp³-hybridized carbons (Fsp3) is 0.417. The number of nitrogens with zero attached hydrogens (tertiary/aromatic N) is 2. The van der Waals surface area contributed by atoms with E-state index in [4.69, 9.17) is 0 Å². The zero-order chi connectivity index (χ0) is 23.6. The predicted octanol–water partition coefficient (Wildman–Crippen LogP) is 2.87. The first-order chi connectivity index (χ1) is 15.8. The molecule has 2 heterocycles. The fourth-order valence-electron chi connectivity index (χ4n) is 4.38. The van der Waals surface area contributed by atoms with Gasteiger partial charge in [-0.1, -0.05) is 18.2 Å². The van der Waals surface area contributed by atoms with Gasteiger partial charge in [0.05, 0.1) is 15.9 Å². The molecule has 0 aliphatic carbocycles. The van der Waals surface area contributed by atoms with Crippen LogP contribution in [0, 0.1) is 13.8 Å². The number of aryl methyl sites for hydroxylation is 2. The maximum atomic E-state index is 12.6. The summed E-state index contributed by atoms with van der Waals surface area (Å²) in [4.78, 5) is 30.0. The van der Waals surface area contributed by atoms with Crippen molar-refractivity contribution in [2.45, 2.75) is 50.5 Å². The molecule has 0 radical (unpaired) electrons. The highest BCUT2D eigenvalue weighted by atomic mass is 32.2. The van der Waals surface area contributed by atoms with Crippen LogP contribution in [0.4, 0.5) is 0 Å². The molecule has 0 unspecified atom stereocenters. The molecule has 9 heteroatoms. The molecule has 176 valence electrons. The first-order valence-electron chi connectivity index (χ1n) is 11.3. The maximum absolute atomic E-state index is 12.6. The van der Waals surface area contributed by atoms with Crippen molar-refractivity contribution in [3.05, 3.63) is 64.1 Å². The number of carbonyl (C=O) groups excluding carboxylic acids is 1. The zero-order valence-corrected chi connectivity index (χ0v) is 19.8. The standard InChI is InChI=1S/C24H30N4O4S/c1-17-9-10-20(16-18(17)2)33(31,32)25-13-5-8-23(29)27-14-11-19(12-15-27)28-22-7-4-3-6-21(22)26-24(28)30/h3-4,6-7,9-10,16,19,25H,5,8,11-15H2,1-2H3,(H,26,30). The lowest BCUT2D eigenvalue weighted by molar-refractivity contribution is -0.132. The average Bonchev–Trinajstić information content (AvgIpc) is 3.14. The number of aromatic amines is 1. The number of H-pyrrole nitrogens is 1. The SMILES string of the molecule is Cc1ccc(S(=O)(=O)NCCCC(=O)N2CCC(n3c(=O)[nH]c4ccccc43)CC2)cc1C. The molecule has 4 rings (SSSR count). The molecular weight excluding hydrogens is 440 g/mol. The first kappa shape index (κ1) is 23.3. The molecule has 3 aromatic rings. The summed E-state index contributed by atoms with van der Waals surface area (Å²) in [6.07, 6.45) is 2.15. The molecule has 8 nitrogen and oxygen atoms in total. The number of likely N-dealkylation sites (tertiary alicyclic amines) is 1. The average molecular weight is 471 g/mol. The van der Waals surface area contributed by atoms with E-state index in [0.717, 1.165) is 22.2 Å². The Labute approximate surface area is 193 Å². The fourth-order valence-corrected chi connectivity index (χ4v) is 5.54. The van der Waals surface area contributed by atoms with Gasteiger partial charge in [0.25, 0.3) is 0 Å². The number of aromatic nitrogens is 2. The van der Waals surface area contributed by atoms with E-state index in [1.165, 1.54) is 0 Å². The van der Waals surface area contributed by atoms with Gasteiger partial charge in [0, 0.05) is 32.1 Å². The van der Waals surface area contributed by atoms with Gasteiger partial charge in [-0.05, 0) is 68.5 Å². The van der Waals surface area contributed by atoms with E-state index in [-0.39, 0.29) is 35.5 Å². The number of sulfonamides is 1. The molecule has 1 aliphatic heterocycles. The van der Waals surface area contributed by atoms with Crippen LogP contribution in [0.3, 0.4) is 0 Å². The van der Waals surface area contributed by atoms with Crippen LogP contribution in [0.2, 0.25) is 0 Å². The maximum Gasteiger partial charge on any atom is 0.326 e. The van der Waals surface area contributed by atoms with Crippen LogP contribution in [-0.2, 0) is 14.8 Å². The second kappa shape index (κ2) is 9.52. The summed E-state index contributed by atoms with van der Waals surface area (Å²) in [5.74, 6) is 0.0186. The third-order valence-electron chi connectivity index (χ3n) is 6.45.